The molecule has 90 heavy (non-hydrogen) atoms. The summed E-state index contributed by atoms with van der Waals surface area (Å²) in [6.07, 6.45) is 0.778. The minimum atomic E-state index is -1.90. The number of benzene rings is 2. The van der Waals surface area contributed by atoms with Gasteiger partial charge in [-0.05, 0) is 87.1 Å². The summed E-state index contributed by atoms with van der Waals surface area (Å²) in [4.78, 5) is 162. The van der Waals surface area contributed by atoms with E-state index in [1.54, 1.807) is 37.4 Å². The number of amides is 9. The molecule has 4 rings (SSSR count). The fourth-order valence-electron chi connectivity index (χ4n) is 9.55. The highest BCUT2D eigenvalue weighted by Crippen LogP contribution is 2.23. The van der Waals surface area contributed by atoms with Crippen LogP contribution in [-0.2, 0) is 65.6 Å². The van der Waals surface area contributed by atoms with E-state index in [2.05, 4.69) is 57.5 Å². The van der Waals surface area contributed by atoms with E-state index in [1.165, 1.54) is 36.1 Å². The number of phenols is 1. The monoisotopic (exact) mass is 1260 g/mol. The number of carboxylic acids is 2. The number of aliphatic carboxylic acids is 2. The van der Waals surface area contributed by atoms with Gasteiger partial charge in [0.15, 0.2) is 11.9 Å². The normalized spacial score (nSPS) is 16.1. The number of aliphatic hydroxyl groups is 2. The molecule has 1 fully saturated rings. The molecule has 0 bridgehead atoms. The number of aromatic hydroxyl groups is 1. The van der Waals surface area contributed by atoms with Crippen molar-refractivity contribution in [1.29, 1.82) is 0 Å². The number of nitrogens with two attached hydrogens (primary N) is 5. The lowest BCUT2D eigenvalue weighted by molar-refractivity contribution is -0.142. The summed E-state index contributed by atoms with van der Waals surface area (Å²) >= 11 is 0. The Bertz CT molecular complexity index is 3040. The van der Waals surface area contributed by atoms with Gasteiger partial charge >= 0.3 is 11.9 Å². The summed E-state index contributed by atoms with van der Waals surface area (Å²) in [5.74, 6) is -12.4. The van der Waals surface area contributed by atoms with E-state index < -0.39 is 152 Å². The van der Waals surface area contributed by atoms with E-state index in [1.807, 2.05) is 6.92 Å². The van der Waals surface area contributed by atoms with Gasteiger partial charge < -0.3 is 107 Å². The molecule has 11 atom stereocenters. The maximum Gasteiger partial charge on any atom is 0.325 e. The zero-order chi connectivity index (χ0) is 66.8. The number of aliphatic imine (C=N–C) groups is 2. The first-order valence-electron chi connectivity index (χ1n) is 29.3. The molecule has 494 valence electrons. The number of aromatic amines is 1. The molecule has 0 unspecified atom stereocenters. The van der Waals surface area contributed by atoms with E-state index in [-0.39, 0.29) is 88.2 Å². The predicted molar refractivity (Wildman–Crippen MR) is 326 cm³/mol. The Balaban J connectivity index is 1.64. The van der Waals surface area contributed by atoms with Crippen LogP contribution in [0.3, 0.4) is 0 Å². The molecule has 2 heterocycles. The van der Waals surface area contributed by atoms with Crippen molar-refractivity contribution >= 4 is 87.9 Å². The van der Waals surface area contributed by atoms with Crippen molar-refractivity contribution in [3.8, 4) is 5.75 Å². The van der Waals surface area contributed by atoms with Gasteiger partial charge in [-0.25, -0.2) is 0 Å². The first-order valence-corrected chi connectivity index (χ1v) is 29.3. The van der Waals surface area contributed by atoms with Gasteiger partial charge in [-0.3, -0.25) is 62.7 Å². The average Bonchev–Trinajstić information content (AvgIpc) is 2.08. The summed E-state index contributed by atoms with van der Waals surface area (Å²) in [7, 11) is 0. The Hall–Kier alpha value is -9.63. The topological polar surface area (TPSA) is 559 Å². The molecule has 1 aliphatic rings. The third kappa shape index (κ3) is 22.8. The standard InChI is InChI=1S/C57H85N17O16/c1-4-29(2)45(58)54(88)74-23-9-14-43(74)53(87)69-37(13-8-22-64-57(61)62)47(81)72-42(28-76)52(86)73-41(27-75)51(85)71-40(25-32-26-65-35-11-6-5-10-34(32)35)50(84)70-39(24-31-15-17-33(77)18-16-31)49(83)68-38(19-20-44(78)79)48(82)67-36(12-7-21-63-56(59)60)46(80)66-30(3)55(89)90/h5-6,10-11,15-18,26,29-30,36-43,45,65,75-77H,4,7-9,12-14,19-25,27-28,58H2,1-3H3,(H,66,80)(H,67,82)(H,68,83)(H,69,87)(H,70,84)(H,71,85)(H,72,81)(H,73,86)(H,78,79)(H,89,90)(H4,59,60,63)(H4,61,62,64)/t29-,30-,36-,37-,38-,39-,40-,41-,42-,43-,45-/m0/s1. The number of rotatable bonds is 37. The molecule has 0 saturated carbocycles. The smallest absolute Gasteiger partial charge is 0.325 e. The van der Waals surface area contributed by atoms with E-state index in [4.69, 9.17) is 28.7 Å². The molecule has 2 aromatic carbocycles. The van der Waals surface area contributed by atoms with Crippen LogP contribution in [0.1, 0.15) is 89.7 Å². The number of hydrogen-bond donors (Lipinski definition) is 19. The molecule has 3 aromatic rings. The van der Waals surface area contributed by atoms with Crippen molar-refractivity contribution < 1.29 is 78.3 Å². The van der Waals surface area contributed by atoms with Crippen molar-refractivity contribution in [3.63, 3.8) is 0 Å². The van der Waals surface area contributed by atoms with Gasteiger partial charge in [0.1, 0.15) is 60.1 Å². The fourth-order valence-corrected chi connectivity index (χ4v) is 9.55. The molecule has 0 aliphatic carbocycles. The van der Waals surface area contributed by atoms with Crippen molar-refractivity contribution in [2.45, 2.75) is 152 Å². The largest absolute Gasteiger partial charge is 0.508 e. The summed E-state index contributed by atoms with van der Waals surface area (Å²) in [5, 5.41) is 70.3. The number of nitrogens with one attached hydrogen (secondary N) is 9. The maximum atomic E-state index is 14.8. The second-order valence-corrected chi connectivity index (χ2v) is 21.7. The Morgan fingerprint density at radius 3 is 1.60 bits per heavy atom. The highest BCUT2D eigenvalue weighted by Gasteiger charge is 2.40. The number of carboxylic acid groups (broad SMARTS) is 2. The van der Waals surface area contributed by atoms with Gasteiger partial charge in [0.05, 0.1) is 19.3 Å². The molecular weight excluding hydrogens is 1180 g/mol. The highest BCUT2D eigenvalue weighted by atomic mass is 16.4. The number of aromatic nitrogens is 1. The van der Waals surface area contributed by atoms with Crippen molar-refractivity contribution in [2.24, 2.45) is 44.6 Å². The van der Waals surface area contributed by atoms with Gasteiger partial charge in [0.2, 0.25) is 53.2 Å². The Labute approximate surface area is 517 Å². The molecule has 1 saturated heterocycles. The van der Waals surface area contributed by atoms with Gasteiger partial charge in [0.25, 0.3) is 0 Å². The first kappa shape index (κ1) is 72.8. The van der Waals surface area contributed by atoms with Crippen molar-refractivity contribution in [3.05, 3.63) is 65.9 Å². The number of carbonyl (C=O) groups excluding carboxylic acids is 9. The number of H-pyrrole nitrogens is 1. The van der Waals surface area contributed by atoms with Crippen LogP contribution in [0.2, 0.25) is 0 Å². The predicted octanol–water partition coefficient (Wildman–Crippen LogP) is -5.04. The zero-order valence-electron chi connectivity index (χ0n) is 50.3. The lowest BCUT2D eigenvalue weighted by atomic mass is 9.98. The number of guanidine groups is 2. The lowest BCUT2D eigenvalue weighted by Crippen LogP contribution is -2.62. The quantitative estimate of drug-likeness (QED) is 0.0146. The van der Waals surface area contributed by atoms with Crippen LogP contribution in [0.5, 0.6) is 5.75 Å². The third-order valence-electron chi connectivity index (χ3n) is 14.9. The van der Waals surface area contributed by atoms with Gasteiger partial charge in [0, 0.05) is 56.0 Å². The van der Waals surface area contributed by atoms with E-state index >= 15 is 0 Å². The van der Waals surface area contributed by atoms with E-state index in [9.17, 15) is 78.3 Å². The molecule has 1 aromatic heterocycles. The molecule has 1 aliphatic heterocycles. The maximum absolute atomic E-state index is 14.8. The summed E-state index contributed by atoms with van der Waals surface area (Å²) < 4.78 is 0. The Kier molecular flexibility index (Phi) is 29.1. The van der Waals surface area contributed by atoms with Crippen molar-refractivity contribution in [2.75, 3.05) is 32.8 Å². The van der Waals surface area contributed by atoms with Crippen LogP contribution in [0, 0.1) is 5.92 Å². The molecule has 0 spiro atoms. The highest BCUT2D eigenvalue weighted by molar-refractivity contribution is 5.99. The van der Waals surface area contributed by atoms with Crippen LogP contribution in [0.15, 0.2) is 64.7 Å². The third-order valence-corrected chi connectivity index (χ3v) is 14.9. The molecule has 33 heteroatoms. The number of aliphatic hydroxyl groups excluding tert-OH is 2. The molecule has 0 radical (unpaired) electrons. The summed E-state index contributed by atoms with van der Waals surface area (Å²) in [6, 6.07) is -2.76. The lowest BCUT2D eigenvalue weighted by Gasteiger charge is -2.30. The number of phenolic OH excluding ortho intramolecular Hbond substituents is 1. The minimum Gasteiger partial charge on any atom is -0.508 e. The minimum absolute atomic E-state index is 0.0174. The van der Waals surface area contributed by atoms with Crippen LogP contribution in [0.25, 0.3) is 10.9 Å². The Morgan fingerprint density at radius 2 is 1.09 bits per heavy atom. The van der Waals surface area contributed by atoms with Gasteiger partial charge in [-0.2, -0.15) is 0 Å². The van der Waals surface area contributed by atoms with Crippen LogP contribution >= 0.6 is 0 Å². The van der Waals surface area contributed by atoms with Gasteiger partial charge in [-0.15, -0.1) is 0 Å². The molecule has 24 N–H and O–H groups in total. The number of para-hydroxylation sites is 1. The first-order chi connectivity index (χ1) is 42.7. The average molecular weight is 1260 g/mol. The van der Waals surface area contributed by atoms with E-state index in [0.29, 0.717) is 34.9 Å². The fraction of sp³-hybridized carbons (Fsp3) is 0.526. The second-order valence-electron chi connectivity index (χ2n) is 21.7. The number of fused-ring (bicyclic) bond motifs is 1. The van der Waals surface area contributed by atoms with Gasteiger partial charge in [-0.1, -0.05) is 50.6 Å². The van der Waals surface area contributed by atoms with E-state index in [0.717, 1.165) is 0 Å². The summed E-state index contributed by atoms with van der Waals surface area (Å²) in [5.41, 5.74) is 29.4. The van der Waals surface area contributed by atoms with Crippen LogP contribution < -0.4 is 71.2 Å². The van der Waals surface area contributed by atoms with Crippen LogP contribution in [-0.4, -0.2) is 206 Å². The summed E-state index contributed by atoms with van der Waals surface area (Å²) in [6.45, 7) is 2.86. The second kappa shape index (κ2) is 36.0. The number of likely N-dealkylation sites (tertiary alicyclic amines) is 1. The molecule has 9 amide bonds. The van der Waals surface area contributed by atoms with Crippen molar-refractivity contribution in [1.82, 2.24) is 52.4 Å². The SMILES string of the molecule is CC[C@H](C)[C@H](N)C(=O)N1CCC[C@H]1C(=O)N[C@@H](CCCN=C(N)N)C(=O)N[C@@H](CO)C(=O)N[C@@H](CO)C(=O)N[C@@H](Cc1c[nH]c2ccccc12)C(=O)N[C@@H](Cc1ccc(O)cc1)C(=O)N[C@@H](CCC(=O)O)C(=O)N[C@@H](CCCN=C(N)N)C(=O)N[C@@H](C)C(=O)O. The Morgan fingerprint density at radius 1 is 0.622 bits per heavy atom. The number of carbonyl (C=O) groups is 11. The number of hydrogen-bond acceptors (Lipinski definition) is 17. The molecule has 33 nitrogen and oxygen atoms in total. The number of nitrogens with zero attached hydrogens (tertiary/aromatic N) is 3. The molecular formula is C57H85N17O16. The van der Waals surface area contributed by atoms with Crippen LogP contribution in [0.4, 0.5) is 0 Å². The zero-order valence-corrected chi connectivity index (χ0v) is 50.3.